The van der Waals surface area contributed by atoms with Gasteiger partial charge in [0, 0.05) is 0 Å². The van der Waals surface area contributed by atoms with Crippen LogP contribution in [-0.2, 0) is 23.8 Å². The first kappa shape index (κ1) is 13.0. The van der Waals surface area contributed by atoms with Gasteiger partial charge in [-0.3, -0.25) is 9.59 Å². The first-order valence-electron chi connectivity index (χ1n) is 5.56. The summed E-state index contributed by atoms with van der Waals surface area (Å²) in [5.41, 5.74) is 0. The van der Waals surface area contributed by atoms with Crippen molar-refractivity contribution >= 4 is 11.9 Å². The quantitative estimate of drug-likeness (QED) is 0.498. The van der Waals surface area contributed by atoms with E-state index in [9.17, 15) is 9.59 Å². The summed E-state index contributed by atoms with van der Waals surface area (Å²) in [7, 11) is 0. The molecule has 0 spiro atoms. The Kier molecular flexibility index (Phi) is 4.73. The first-order chi connectivity index (χ1) is 7.61. The van der Waals surface area contributed by atoms with Crippen molar-refractivity contribution in [3.05, 3.63) is 0 Å². The molecule has 0 saturated carbocycles. The number of esters is 2. The van der Waals surface area contributed by atoms with Gasteiger partial charge in [0.1, 0.15) is 0 Å². The molecule has 3 unspecified atom stereocenters. The van der Waals surface area contributed by atoms with E-state index < -0.39 is 11.8 Å². The molecule has 1 heterocycles. The van der Waals surface area contributed by atoms with Crippen molar-refractivity contribution in [2.75, 3.05) is 19.8 Å². The lowest BCUT2D eigenvalue weighted by Crippen LogP contribution is -2.34. The van der Waals surface area contributed by atoms with Gasteiger partial charge in [0.15, 0.2) is 0 Å². The Bertz CT molecular complexity index is 259. The maximum Gasteiger partial charge on any atom is 0.312 e. The van der Waals surface area contributed by atoms with Gasteiger partial charge in [0.2, 0.25) is 0 Å². The molecule has 0 amide bonds. The van der Waals surface area contributed by atoms with Crippen LogP contribution in [-0.4, -0.2) is 37.9 Å². The standard InChI is InChI=1S/C11H18O5/c1-4-14-10(12)7(3)9(8-6-16-8)11(13)15-5-2/h7-9H,4-6H2,1-3H3. The van der Waals surface area contributed by atoms with E-state index in [4.69, 9.17) is 14.2 Å². The van der Waals surface area contributed by atoms with Crippen LogP contribution in [0.1, 0.15) is 20.8 Å². The molecule has 1 saturated heterocycles. The highest BCUT2D eigenvalue weighted by Crippen LogP contribution is 2.29. The molecule has 0 radical (unpaired) electrons. The number of ether oxygens (including phenoxy) is 3. The molecule has 0 N–H and O–H groups in total. The first-order valence-corrected chi connectivity index (χ1v) is 5.56. The molecule has 5 nitrogen and oxygen atoms in total. The zero-order chi connectivity index (χ0) is 12.1. The minimum absolute atomic E-state index is 0.196. The Hall–Kier alpha value is -1.10. The molecule has 0 aromatic heterocycles. The second-order valence-electron chi connectivity index (χ2n) is 3.69. The van der Waals surface area contributed by atoms with Crippen LogP contribution in [0.4, 0.5) is 0 Å². The van der Waals surface area contributed by atoms with Gasteiger partial charge in [0.25, 0.3) is 0 Å². The van der Waals surface area contributed by atoms with Crippen LogP contribution in [0, 0.1) is 11.8 Å². The van der Waals surface area contributed by atoms with Gasteiger partial charge in [-0.2, -0.15) is 0 Å². The van der Waals surface area contributed by atoms with Gasteiger partial charge in [0.05, 0.1) is 37.8 Å². The van der Waals surface area contributed by atoms with E-state index in [1.54, 1.807) is 20.8 Å². The summed E-state index contributed by atoms with van der Waals surface area (Å²) in [4.78, 5) is 23.2. The monoisotopic (exact) mass is 230 g/mol. The third-order valence-electron chi connectivity index (χ3n) is 2.52. The number of epoxide rings is 1. The minimum Gasteiger partial charge on any atom is -0.466 e. The van der Waals surface area contributed by atoms with E-state index >= 15 is 0 Å². The van der Waals surface area contributed by atoms with E-state index in [2.05, 4.69) is 0 Å². The third-order valence-corrected chi connectivity index (χ3v) is 2.52. The zero-order valence-electron chi connectivity index (χ0n) is 9.89. The van der Waals surface area contributed by atoms with E-state index in [1.165, 1.54) is 0 Å². The molecule has 5 heteroatoms. The maximum absolute atomic E-state index is 11.7. The van der Waals surface area contributed by atoms with Crippen LogP contribution in [0.5, 0.6) is 0 Å². The molecule has 1 aliphatic heterocycles. The predicted molar refractivity (Wildman–Crippen MR) is 55.7 cm³/mol. The Morgan fingerprint density at radius 1 is 1.25 bits per heavy atom. The summed E-state index contributed by atoms with van der Waals surface area (Å²) < 4.78 is 14.9. The Morgan fingerprint density at radius 3 is 2.19 bits per heavy atom. The van der Waals surface area contributed by atoms with E-state index in [1.807, 2.05) is 0 Å². The summed E-state index contributed by atoms with van der Waals surface area (Å²) in [6.07, 6.45) is -0.196. The molecule has 1 fully saturated rings. The van der Waals surface area contributed by atoms with E-state index in [-0.39, 0.29) is 18.0 Å². The normalized spacial score (nSPS) is 22.1. The number of carbonyl (C=O) groups excluding carboxylic acids is 2. The van der Waals surface area contributed by atoms with Crippen LogP contribution in [0.3, 0.4) is 0 Å². The highest BCUT2D eigenvalue weighted by molar-refractivity contribution is 5.82. The van der Waals surface area contributed by atoms with Crippen molar-refractivity contribution in [2.24, 2.45) is 11.8 Å². The van der Waals surface area contributed by atoms with Gasteiger partial charge in [-0.1, -0.05) is 6.92 Å². The number of hydrogen-bond acceptors (Lipinski definition) is 5. The molecule has 3 atom stereocenters. The Morgan fingerprint density at radius 2 is 1.75 bits per heavy atom. The fourth-order valence-corrected chi connectivity index (χ4v) is 1.60. The highest BCUT2D eigenvalue weighted by atomic mass is 16.6. The van der Waals surface area contributed by atoms with E-state index in [0.717, 1.165) is 0 Å². The largest absolute Gasteiger partial charge is 0.466 e. The lowest BCUT2D eigenvalue weighted by atomic mass is 9.91. The van der Waals surface area contributed by atoms with Crippen molar-refractivity contribution in [3.8, 4) is 0 Å². The fraction of sp³-hybridized carbons (Fsp3) is 0.818. The average molecular weight is 230 g/mol. The van der Waals surface area contributed by atoms with Crippen LogP contribution in [0.25, 0.3) is 0 Å². The molecular formula is C11H18O5. The molecule has 1 rings (SSSR count). The minimum atomic E-state index is -0.543. The average Bonchev–Trinajstić information content (AvgIpc) is 3.03. The summed E-state index contributed by atoms with van der Waals surface area (Å²) >= 11 is 0. The Balaban J connectivity index is 2.61. The van der Waals surface area contributed by atoms with Crippen molar-refractivity contribution in [2.45, 2.75) is 26.9 Å². The molecule has 16 heavy (non-hydrogen) atoms. The van der Waals surface area contributed by atoms with Crippen LogP contribution in [0.2, 0.25) is 0 Å². The second kappa shape index (κ2) is 5.84. The lowest BCUT2D eigenvalue weighted by molar-refractivity contribution is -0.160. The van der Waals surface area contributed by atoms with Gasteiger partial charge in [-0.05, 0) is 13.8 Å². The van der Waals surface area contributed by atoms with Crippen molar-refractivity contribution in [1.82, 2.24) is 0 Å². The second-order valence-corrected chi connectivity index (χ2v) is 3.69. The molecule has 1 aliphatic rings. The summed E-state index contributed by atoms with van der Waals surface area (Å²) in [5.74, 6) is -1.83. The molecule has 0 aromatic carbocycles. The summed E-state index contributed by atoms with van der Waals surface area (Å²) in [6, 6.07) is 0. The predicted octanol–water partition coefficient (Wildman–Crippen LogP) is 0.764. The SMILES string of the molecule is CCOC(=O)C(C)C(C(=O)OCC)C1CO1. The van der Waals surface area contributed by atoms with E-state index in [0.29, 0.717) is 19.8 Å². The number of hydrogen-bond donors (Lipinski definition) is 0. The maximum atomic E-state index is 11.7. The fourth-order valence-electron chi connectivity index (χ4n) is 1.60. The van der Waals surface area contributed by atoms with Crippen molar-refractivity contribution in [1.29, 1.82) is 0 Å². The number of carbonyl (C=O) groups is 2. The van der Waals surface area contributed by atoms with Gasteiger partial charge in [-0.25, -0.2) is 0 Å². The zero-order valence-corrected chi connectivity index (χ0v) is 9.89. The van der Waals surface area contributed by atoms with Crippen molar-refractivity contribution < 1.29 is 23.8 Å². The molecule has 0 aromatic rings. The van der Waals surface area contributed by atoms with Crippen LogP contribution >= 0.6 is 0 Å². The number of rotatable bonds is 6. The van der Waals surface area contributed by atoms with Crippen LogP contribution in [0.15, 0.2) is 0 Å². The van der Waals surface area contributed by atoms with Gasteiger partial charge < -0.3 is 14.2 Å². The Labute approximate surface area is 95.0 Å². The topological polar surface area (TPSA) is 65.1 Å². The molecule has 0 aliphatic carbocycles. The van der Waals surface area contributed by atoms with Crippen molar-refractivity contribution in [3.63, 3.8) is 0 Å². The van der Waals surface area contributed by atoms with Crippen LogP contribution < -0.4 is 0 Å². The summed E-state index contributed by atoms with van der Waals surface area (Å²) in [6.45, 7) is 6.26. The molecular weight excluding hydrogens is 212 g/mol. The smallest absolute Gasteiger partial charge is 0.312 e. The molecule has 92 valence electrons. The third kappa shape index (κ3) is 3.20. The lowest BCUT2D eigenvalue weighted by Gasteiger charge is -2.18. The summed E-state index contributed by atoms with van der Waals surface area (Å²) in [5, 5.41) is 0. The molecule has 0 bridgehead atoms. The highest BCUT2D eigenvalue weighted by Gasteiger charge is 2.45. The van der Waals surface area contributed by atoms with Gasteiger partial charge in [-0.15, -0.1) is 0 Å². The van der Waals surface area contributed by atoms with Gasteiger partial charge >= 0.3 is 11.9 Å².